The summed E-state index contributed by atoms with van der Waals surface area (Å²) in [6, 6.07) is 5.78. The van der Waals surface area contributed by atoms with E-state index in [0.29, 0.717) is 25.7 Å². The van der Waals surface area contributed by atoms with Crippen LogP contribution in [0.1, 0.15) is 41.7 Å². The molecule has 3 heterocycles. The Morgan fingerprint density at radius 1 is 1.27 bits per heavy atom. The number of pyridine rings is 1. The molecule has 1 amide bonds. The van der Waals surface area contributed by atoms with Gasteiger partial charge in [-0.05, 0) is 30.0 Å². The Morgan fingerprint density at radius 3 is 2.69 bits per heavy atom. The molecule has 0 spiro atoms. The number of aromatic nitrogens is 2. The van der Waals surface area contributed by atoms with Crippen LogP contribution in [0.5, 0.6) is 0 Å². The van der Waals surface area contributed by atoms with Crippen molar-refractivity contribution >= 4 is 5.91 Å². The van der Waals surface area contributed by atoms with Crippen molar-refractivity contribution in [1.82, 2.24) is 20.4 Å². The highest BCUT2D eigenvalue weighted by Crippen LogP contribution is 2.21. The van der Waals surface area contributed by atoms with Crippen molar-refractivity contribution in [1.29, 1.82) is 0 Å². The van der Waals surface area contributed by atoms with Crippen molar-refractivity contribution in [3.63, 3.8) is 0 Å². The zero-order valence-electron chi connectivity index (χ0n) is 15.4. The van der Waals surface area contributed by atoms with Crippen LogP contribution in [0.4, 0.5) is 0 Å². The van der Waals surface area contributed by atoms with E-state index in [9.17, 15) is 4.79 Å². The predicted octanol–water partition coefficient (Wildman–Crippen LogP) is 2.07. The highest BCUT2D eigenvalue weighted by molar-refractivity contribution is 5.91. The van der Waals surface area contributed by atoms with Gasteiger partial charge in [0.2, 0.25) is 5.76 Å². The molecule has 0 saturated carbocycles. The molecular formula is C19H26N4O3. The average molecular weight is 358 g/mol. The van der Waals surface area contributed by atoms with Crippen LogP contribution < -0.4 is 5.32 Å². The summed E-state index contributed by atoms with van der Waals surface area (Å²) < 4.78 is 10.7. The van der Waals surface area contributed by atoms with Crippen molar-refractivity contribution in [3.8, 4) is 0 Å². The lowest BCUT2D eigenvalue weighted by Crippen LogP contribution is -2.43. The van der Waals surface area contributed by atoms with E-state index in [2.05, 4.69) is 34.2 Å². The Kier molecular flexibility index (Phi) is 6.35. The van der Waals surface area contributed by atoms with E-state index in [1.54, 1.807) is 18.5 Å². The lowest BCUT2D eigenvalue weighted by molar-refractivity contribution is 0.0161. The molecule has 7 heteroatoms. The minimum absolute atomic E-state index is 0.0731. The number of hydrogen-bond acceptors (Lipinski definition) is 6. The summed E-state index contributed by atoms with van der Waals surface area (Å²) in [6.45, 7) is 7.79. The smallest absolute Gasteiger partial charge is 0.289 e. The van der Waals surface area contributed by atoms with Crippen LogP contribution in [0, 0.1) is 5.92 Å². The third-order valence-corrected chi connectivity index (χ3v) is 4.43. The maximum Gasteiger partial charge on any atom is 0.289 e. The Balaban J connectivity index is 1.65. The van der Waals surface area contributed by atoms with Gasteiger partial charge in [0.1, 0.15) is 0 Å². The van der Waals surface area contributed by atoms with Crippen LogP contribution >= 0.6 is 0 Å². The van der Waals surface area contributed by atoms with Gasteiger partial charge in [-0.1, -0.05) is 19.0 Å². The molecule has 1 fully saturated rings. The number of carbonyl (C=O) groups is 1. The first-order chi connectivity index (χ1) is 12.6. The maximum absolute atomic E-state index is 12.5. The Hall–Kier alpha value is -2.25. The number of carbonyl (C=O) groups excluding carboxylic acids is 1. The van der Waals surface area contributed by atoms with Gasteiger partial charge in [-0.15, -0.1) is 0 Å². The fraction of sp³-hybridized carbons (Fsp3) is 0.526. The normalized spacial score (nSPS) is 16.6. The second-order valence-corrected chi connectivity index (χ2v) is 6.94. The molecule has 1 atom stereocenters. The van der Waals surface area contributed by atoms with Gasteiger partial charge in [0.25, 0.3) is 5.91 Å². The second-order valence-electron chi connectivity index (χ2n) is 6.94. The molecule has 0 radical (unpaired) electrons. The van der Waals surface area contributed by atoms with E-state index in [-0.39, 0.29) is 17.7 Å². The molecular weight excluding hydrogens is 332 g/mol. The molecule has 1 saturated heterocycles. The minimum atomic E-state index is -0.236. The van der Waals surface area contributed by atoms with E-state index in [1.165, 1.54) is 0 Å². The number of nitrogens with one attached hydrogen (secondary N) is 1. The van der Waals surface area contributed by atoms with Crippen LogP contribution in [0.15, 0.2) is 35.1 Å². The fourth-order valence-electron chi connectivity index (χ4n) is 3.14. The summed E-state index contributed by atoms with van der Waals surface area (Å²) in [4.78, 5) is 18.9. The van der Waals surface area contributed by atoms with Crippen molar-refractivity contribution < 1.29 is 14.1 Å². The van der Waals surface area contributed by atoms with Gasteiger partial charge in [0, 0.05) is 38.1 Å². The molecule has 3 rings (SSSR count). The molecule has 1 N–H and O–H groups in total. The zero-order chi connectivity index (χ0) is 18.4. The summed E-state index contributed by atoms with van der Waals surface area (Å²) in [5.41, 5.74) is 1.93. The topological polar surface area (TPSA) is 80.5 Å². The Morgan fingerprint density at radius 2 is 2.00 bits per heavy atom. The lowest BCUT2D eigenvalue weighted by atomic mass is 10.1. The van der Waals surface area contributed by atoms with Gasteiger partial charge in [-0.3, -0.25) is 14.7 Å². The maximum atomic E-state index is 12.5. The Labute approximate surface area is 153 Å². The molecule has 2 aromatic rings. The average Bonchev–Trinajstić information content (AvgIpc) is 3.11. The van der Waals surface area contributed by atoms with Crippen molar-refractivity contribution in [3.05, 3.63) is 47.6 Å². The van der Waals surface area contributed by atoms with Gasteiger partial charge in [-0.25, -0.2) is 0 Å². The van der Waals surface area contributed by atoms with Gasteiger partial charge >= 0.3 is 0 Å². The first kappa shape index (κ1) is 18.5. The second kappa shape index (κ2) is 8.91. The molecule has 0 unspecified atom stereocenters. The first-order valence-electron chi connectivity index (χ1n) is 9.09. The van der Waals surface area contributed by atoms with Gasteiger partial charge in [-0.2, -0.15) is 0 Å². The Bertz CT molecular complexity index is 696. The molecule has 1 aliphatic heterocycles. The van der Waals surface area contributed by atoms with Crippen molar-refractivity contribution in [2.45, 2.75) is 26.3 Å². The van der Waals surface area contributed by atoms with Crippen LogP contribution in [-0.4, -0.2) is 53.8 Å². The van der Waals surface area contributed by atoms with Crippen LogP contribution in [0.2, 0.25) is 0 Å². The summed E-state index contributed by atoms with van der Waals surface area (Å²) in [6.07, 6.45) is 4.35. The molecule has 26 heavy (non-hydrogen) atoms. The van der Waals surface area contributed by atoms with Crippen LogP contribution in [0.25, 0.3) is 0 Å². The van der Waals surface area contributed by atoms with E-state index >= 15 is 0 Å². The molecule has 7 nitrogen and oxygen atoms in total. The largest absolute Gasteiger partial charge is 0.379 e. The van der Waals surface area contributed by atoms with Gasteiger partial charge in [0.15, 0.2) is 0 Å². The van der Waals surface area contributed by atoms with Crippen molar-refractivity contribution in [2.75, 3.05) is 32.8 Å². The number of morpholine rings is 1. The molecule has 140 valence electrons. The molecule has 0 aliphatic carbocycles. The SMILES string of the molecule is CC(C)Cc1cc(C(=O)NC[C@@H](c2ccncc2)N2CCOCC2)on1. The van der Waals surface area contributed by atoms with E-state index in [4.69, 9.17) is 9.26 Å². The molecule has 2 aromatic heterocycles. The zero-order valence-corrected chi connectivity index (χ0v) is 15.4. The molecule has 0 bridgehead atoms. The van der Waals surface area contributed by atoms with E-state index in [1.807, 2.05) is 12.1 Å². The van der Waals surface area contributed by atoms with Gasteiger partial charge in [0.05, 0.1) is 24.9 Å². The quantitative estimate of drug-likeness (QED) is 0.816. The van der Waals surface area contributed by atoms with E-state index < -0.39 is 0 Å². The summed E-state index contributed by atoms with van der Waals surface area (Å²) in [5, 5.41) is 6.97. The summed E-state index contributed by atoms with van der Waals surface area (Å²) in [7, 11) is 0. The third kappa shape index (κ3) is 4.89. The fourth-order valence-corrected chi connectivity index (χ4v) is 3.14. The number of rotatable bonds is 7. The molecule has 0 aromatic carbocycles. The first-order valence-corrected chi connectivity index (χ1v) is 9.09. The minimum Gasteiger partial charge on any atom is -0.379 e. The number of hydrogen-bond donors (Lipinski definition) is 1. The predicted molar refractivity (Wildman–Crippen MR) is 96.7 cm³/mol. The summed E-state index contributed by atoms with van der Waals surface area (Å²) >= 11 is 0. The summed E-state index contributed by atoms with van der Waals surface area (Å²) in [5.74, 6) is 0.490. The number of nitrogens with zero attached hydrogens (tertiary/aromatic N) is 3. The molecule has 1 aliphatic rings. The standard InChI is InChI=1S/C19H26N4O3/c1-14(2)11-16-12-18(26-22-16)19(24)21-13-17(15-3-5-20-6-4-15)23-7-9-25-10-8-23/h3-6,12,14,17H,7-11,13H2,1-2H3,(H,21,24)/t17-/m0/s1. The highest BCUT2D eigenvalue weighted by Gasteiger charge is 2.24. The third-order valence-electron chi connectivity index (χ3n) is 4.43. The monoisotopic (exact) mass is 358 g/mol. The van der Waals surface area contributed by atoms with Crippen molar-refractivity contribution in [2.24, 2.45) is 5.92 Å². The van der Waals surface area contributed by atoms with Crippen LogP contribution in [0.3, 0.4) is 0 Å². The number of ether oxygens (including phenoxy) is 1. The number of amides is 1. The lowest BCUT2D eigenvalue weighted by Gasteiger charge is -2.34. The van der Waals surface area contributed by atoms with Gasteiger partial charge < -0.3 is 14.6 Å². The van der Waals surface area contributed by atoms with E-state index in [0.717, 1.165) is 30.8 Å². The van der Waals surface area contributed by atoms with Crippen LogP contribution in [-0.2, 0) is 11.2 Å². The highest BCUT2D eigenvalue weighted by atomic mass is 16.5.